The first-order valence-corrected chi connectivity index (χ1v) is 9.00. The van der Waals surface area contributed by atoms with Crippen molar-refractivity contribution in [3.8, 4) is 0 Å². The summed E-state index contributed by atoms with van der Waals surface area (Å²) >= 11 is 1.27. The number of rotatable bonds is 6. The average molecular weight is 324 g/mol. The van der Waals surface area contributed by atoms with E-state index in [9.17, 15) is 8.42 Å². The van der Waals surface area contributed by atoms with E-state index in [2.05, 4.69) is 5.32 Å². The summed E-state index contributed by atoms with van der Waals surface area (Å²) in [4.78, 5) is 0. The molecule has 0 amide bonds. The van der Waals surface area contributed by atoms with Crippen LogP contribution in [0.3, 0.4) is 0 Å². The summed E-state index contributed by atoms with van der Waals surface area (Å²) in [5.41, 5.74) is 3.11. The number of hydrogen-bond acceptors (Lipinski definition) is 4. The molecule has 0 spiro atoms. The normalized spacial score (nSPS) is 12.0. The van der Waals surface area contributed by atoms with Gasteiger partial charge in [-0.05, 0) is 42.1 Å². The summed E-state index contributed by atoms with van der Waals surface area (Å²) in [5, 5.41) is 4.90. The number of thiophene rings is 1. The van der Waals surface area contributed by atoms with E-state index in [-0.39, 0.29) is 0 Å². The van der Waals surface area contributed by atoms with Gasteiger partial charge in [-0.3, -0.25) is 0 Å². The van der Waals surface area contributed by atoms with Crippen molar-refractivity contribution in [2.45, 2.75) is 24.2 Å². The van der Waals surface area contributed by atoms with Crippen molar-refractivity contribution in [3.63, 3.8) is 0 Å². The van der Waals surface area contributed by atoms with Gasteiger partial charge in [0.2, 0.25) is 0 Å². The molecule has 0 atom stereocenters. The minimum atomic E-state index is -3.43. The molecule has 1 heterocycles. The van der Waals surface area contributed by atoms with Crippen LogP contribution in [0, 0.1) is 6.92 Å². The molecule has 6 heteroatoms. The van der Waals surface area contributed by atoms with Crippen molar-refractivity contribution in [3.05, 3.63) is 52.4 Å². The second-order valence-electron chi connectivity index (χ2n) is 4.99. The van der Waals surface area contributed by atoms with E-state index < -0.39 is 10.0 Å². The van der Waals surface area contributed by atoms with Gasteiger partial charge in [0.1, 0.15) is 4.21 Å². The Hall–Kier alpha value is -1.21. The van der Waals surface area contributed by atoms with E-state index in [0.29, 0.717) is 17.3 Å². The Morgan fingerprint density at radius 2 is 2.00 bits per heavy atom. The molecule has 1 aromatic heterocycles. The minimum Gasteiger partial charge on any atom is -0.316 e. The van der Waals surface area contributed by atoms with Crippen LogP contribution in [0.1, 0.15) is 16.7 Å². The molecule has 0 saturated carbocycles. The van der Waals surface area contributed by atoms with E-state index in [1.54, 1.807) is 13.1 Å². The van der Waals surface area contributed by atoms with Gasteiger partial charge >= 0.3 is 0 Å². The fourth-order valence-electron chi connectivity index (χ4n) is 2.05. The highest BCUT2D eigenvalue weighted by atomic mass is 32.2. The summed E-state index contributed by atoms with van der Waals surface area (Å²) in [6.45, 7) is 3.05. The van der Waals surface area contributed by atoms with E-state index in [1.807, 2.05) is 43.6 Å². The molecule has 0 aliphatic rings. The van der Waals surface area contributed by atoms with Crippen LogP contribution in [0.25, 0.3) is 0 Å². The lowest BCUT2D eigenvalue weighted by molar-refractivity contribution is 0.467. The van der Waals surface area contributed by atoms with Gasteiger partial charge in [-0.25, -0.2) is 8.42 Å². The first kappa shape index (κ1) is 16.2. The standard InChI is InChI=1S/C15H20N2O2S2/c1-12-6-4-5-7-14(12)10-17(3)21(18,19)15-8-13(9-16-2)11-20-15/h4-8,11,16H,9-10H2,1-3H3. The maximum atomic E-state index is 12.6. The summed E-state index contributed by atoms with van der Waals surface area (Å²) in [6.07, 6.45) is 0. The van der Waals surface area contributed by atoms with E-state index in [4.69, 9.17) is 0 Å². The molecule has 1 aromatic carbocycles. The number of aryl methyl sites for hydroxylation is 1. The fourth-order valence-corrected chi connectivity index (χ4v) is 4.62. The van der Waals surface area contributed by atoms with Crippen LogP contribution in [0.2, 0.25) is 0 Å². The van der Waals surface area contributed by atoms with Gasteiger partial charge in [-0.2, -0.15) is 4.31 Å². The topological polar surface area (TPSA) is 49.4 Å². The third kappa shape index (κ3) is 3.71. The lowest BCUT2D eigenvalue weighted by atomic mass is 10.1. The first-order valence-electron chi connectivity index (χ1n) is 6.68. The molecule has 0 aliphatic carbocycles. The van der Waals surface area contributed by atoms with Crippen LogP contribution in [0.5, 0.6) is 0 Å². The molecule has 0 aliphatic heterocycles. The van der Waals surface area contributed by atoms with Crippen LogP contribution < -0.4 is 5.32 Å². The minimum absolute atomic E-state index is 0.383. The maximum Gasteiger partial charge on any atom is 0.252 e. The molecule has 21 heavy (non-hydrogen) atoms. The van der Waals surface area contributed by atoms with Crippen molar-refractivity contribution in [2.24, 2.45) is 0 Å². The van der Waals surface area contributed by atoms with Gasteiger partial charge in [-0.15, -0.1) is 11.3 Å². The third-order valence-corrected chi connectivity index (χ3v) is 6.60. The molecule has 114 valence electrons. The molecule has 0 bridgehead atoms. The Labute approximate surface area is 130 Å². The van der Waals surface area contributed by atoms with E-state index >= 15 is 0 Å². The Kier molecular flexibility index (Phi) is 5.16. The number of hydrogen-bond donors (Lipinski definition) is 1. The van der Waals surface area contributed by atoms with Crippen LogP contribution in [0.4, 0.5) is 0 Å². The van der Waals surface area contributed by atoms with E-state index in [0.717, 1.165) is 16.7 Å². The van der Waals surface area contributed by atoms with Crippen molar-refractivity contribution in [1.29, 1.82) is 0 Å². The lowest BCUT2D eigenvalue weighted by Crippen LogP contribution is -2.26. The summed E-state index contributed by atoms with van der Waals surface area (Å²) in [5.74, 6) is 0. The Morgan fingerprint density at radius 3 is 2.67 bits per heavy atom. The molecule has 0 fully saturated rings. The predicted molar refractivity (Wildman–Crippen MR) is 86.9 cm³/mol. The van der Waals surface area contributed by atoms with Crippen molar-refractivity contribution >= 4 is 21.4 Å². The van der Waals surface area contributed by atoms with Gasteiger partial charge in [-0.1, -0.05) is 24.3 Å². The monoisotopic (exact) mass is 324 g/mol. The highest BCUT2D eigenvalue weighted by molar-refractivity contribution is 7.91. The quantitative estimate of drug-likeness (QED) is 0.888. The molecule has 0 saturated heterocycles. The summed E-state index contributed by atoms with van der Waals surface area (Å²) in [6, 6.07) is 9.58. The van der Waals surface area contributed by atoms with Gasteiger partial charge in [0.15, 0.2) is 0 Å². The van der Waals surface area contributed by atoms with Crippen LogP contribution in [-0.2, 0) is 23.1 Å². The second-order valence-corrected chi connectivity index (χ2v) is 8.17. The SMILES string of the molecule is CNCc1csc(S(=O)(=O)N(C)Cc2ccccc2C)c1. The summed E-state index contributed by atoms with van der Waals surface area (Å²) in [7, 11) is 0.0403. The zero-order valence-electron chi connectivity index (χ0n) is 12.5. The van der Waals surface area contributed by atoms with Crippen LogP contribution in [0.15, 0.2) is 39.9 Å². The van der Waals surface area contributed by atoms with E-state index in [1.165, 1.54) is 15.6 Å². The lowest BCUT2D eigenvalue weighted by Gasteiger charge is -2.17. The Morgan fingerprint density at radius 1 is 1.29 bits per heavy atom. The van der Waals surface area contributed by atoms with Gasteiger partial charge in [0, 0.05) is 20.1 Å². The second kappa shape index (κ2) is 6.70. The predicted octanol–water partition coefficient (Wildman–Crippen LogP) is 2.60. The fraction of sp³-hybridized carbons (Fsp3) is 0.333. The average Bonchev–Trinajstić information content (AvgIpc) is 2.91. The zero-order chi connectivity index (χ0) is 15.5. The molecule has 0 unspecified atom stereocenters. The highest BCUT2D eigenvalue weighted by Gasteiger charge is 2.23. The Bertz CT molecular complexity index is 708. The highest BCUT2D eigenvalue weighted by Crippen LogP contribution is 2.24. The van der Waals surface area contributed by atoms with Crippen LogP contribution >= 0.6 is 11.3 Å². The van der Waals surface area contributed by atoms with Crippen molar-refractivity contribution < 1.29 is 8.42 Å². The molecule has 2 aromatic rings. The molecule has 0 radical (unpaired) electrons. The van der Waals surface area contributed by atoms with Gasteiger partial charge in [0.25, 0.3) is 10.0 Å². The molecular formula is C15H20N2O2S2. The first-order chi connectivity index (χ1) is 9.95. The molecule has 1 N–H and O–H groups in total. The zero-order valence-corrected chi connectivity index (χ0v) is 14.1. The smallest absolute Gasteiger partial charge is 0.252 e. The number of benzene rings is 1. The van der Waals surface area contributed by atoms with Gasteiger partial charge in [0.05, 0.1) is 0 Å². The number of nitrogens with zero attached hydrogens (tertiary/aromatic N) is 1. The van der Waals surface area contributed by atoms with Crippen LogP contribution in [-0.4, -0.2) is 26.8 Å². The summed E-state index contributed by atoms with van der Waals surface area (Å²) < 4.78 is 27.0. The third-order valence-electron chi connectivity index (χ3n) is 3.33. The Balaban J connectivity index is 2.20. The van der Waals surface area contributed by atoms with Crippen molar-refractivity contribution in [2.75, 3.05) is 14.1 Å². The molecular weight excluding hydrogens is 304 g/mol. The molecule has 2 rings (SSSR count). The van der Waals surface area contributed by atoms with Gasteiger partial charge < -0.3 is 5.32 Å². The molecule has 4 nitrogen and oxygen atoms in total. The maximum absolute atomic E-state index is 12.6. The number of sulfonamides is 1. The van der Waals surface area contributed by atoms with Crippen molar-refractivity contribution in [1.82, 2.24) is 9.62 Å². The largest absolute Gasteiger partial charge is 0.316 e. The number of nitrogens with one attached hydrogen (secondary N) is 1.